The topological polar surface area (TPSA) is 69.7 Å². The lowest BCUT2D eigenvalue weighted by Crippen LogP contribution is -2.34. The van der Waals surface area contributed by atoms with E-state index in [0.29, 0.717) is 30.8 Å². The Bertz CT molecular complexity index is 695. The summed E-state index contributed by atoms with van der Waals surface area (Å²) in [6.45, 7) is 5.61. The van der Waals surface area contributed by atoms with Crippen LogP contribution in [0.1, 0.15) is 28.8 Å². The van der Waals surface area contributed by atoms with Crippen LogP contribution >= 0.6 is 0 Å². The smallest absolute Gasteiger partial charge is 0.253 e. The summed E-state index contributed by atoms with van der Waals surface area (Å²) in [7, 11) is -3.19. The van der Waals surface area contributed by atoms with Crippen molar-refractivity contribution in [2.75, 3.05) is 42.8 Å². The van der Waals surface area contributed by atoms with Crippen molar-refractivity contribution >= 4 is 21.6 Å². The Morgan fingerprint density at radius 3 is 2.65 bits per heavy atom. The molecule has 1 aromatic carbocycles. The molecule has 0 spiro atoms. The number of benzene rings is 1. The molecule has 2 fully saturated rings. The van der Waals surface area contributed by atoms with Gasteiger partial charge in [-0.25, -0.2) is 8.42 Å². The first kappa shape index (κ1) is 16.3. The Hall–Kier alpha value is -1.60. The molecule has 7 heteroatoms. The van der Waals surface area contributed by atoms with Crippen LogP contribution in [-0.2, 0) is 10.0 Å². The minimum atomic E-state index is -3.19. The van der Waals surface area contributed by atoms with Crippen molar-refractivity contribution in [2.45, 2.75) is 19.8 Å². The Kier molecular flexibility index (Phi) is 4.59. The Labute approximate surface area is 137 Å². The summed E-state index contributed by atoms with van der Waals surface area (Å²) >= 11 is 0. The number of hydrogen-bond donors (Lipinski definition) is 1. The first-order chi connectivity index (χ1) is 11.0. The molecule has 0 saturated carbocycles. The number of anilines is 1. The zero-order valence-corrected chi connectivity index (χ0v) is 14.2. The van der Waals surface area contributed by atoms with Gasteiger partial charge in [0, 0.05) is 31.7 Å². The first-order valence-electron chi connectivity index (χ1n) is 8.10. The number of nitrogens with one attached hydrogen (secondary N) is 1. The summed E-state index contributed by atoms with van der Waals surface area (Å²) in [5, 5.41) is 3.28. The number of sulfonamides is 1. The van der Waals surface area contributed by atoms with Gasteiger partial charge in [0.05, 0.1) is 11.4 Å². The molecule has 2 aliphatic rings. The molecule has 126 valence electrons. The molecule has 2 aliphatic heterocycles. The van der Waals surface area contributed by atoms with Crippen molar-refractivity contribution in [3.63, 3.8) is 0 Å². The minimum absolute atomic E-state index is 0.0210. The molecule has 0 aliphatic carbocycles. The van der Waals surface area contributed by atoms with Gasteiger partial charge in [-0.05, 0) is 50.1 Å². The molecule has 0 unspecified atom stereocenters. The highest BCUT2D eigenvalue weighted by atomic mass is 32.2. The van der Waals surface area contributed by atoms with Crippen LogP contribution in [0.4, 0.5) is 5.69 Å². The van der Waals surface area contributed by atoms with Crippen LogP contribution in [0.25, 0.3) is 0 Å². The van der Waals surface area contributed by atoms with Crippen molar-refractivity contribution < 1.29 is 13.2 Å². The maximum absolute atomic E-state index is 12.6. The van der Waals surface area contributed by atoms with E-state index in [1.54, 1.807) is 12.1 Å². The quantitative estimate of drug-likeness (QED) is 0.873. The number of nitrogens with zero attached hydrogens (tertiary/aromatic N) is 2. The number of aryl methyl sites for hydroxylation is 1. The molecule has 0 bridgehead atoms. The lowest BCUT2D eigenvalue weighted by molar-refractivity contribution is 0.0766. The van der Waals surface area contributed by atoms with E-state index in [-0.39, 0.29) is 11.7 Å². The molecule has 0 aromatic heterocycles. The van der Waals surface area contributed by atoms with Gasteiger partial charge in [-0.2, -0.15) is 0 Å². The highest BCUT2D eigenvalue weighted by molar-refractivity contribution is 7.93. The average molecular weight is 337 g/mol. The van der Waals surface area contributed by atoms with Gasteiger partial charge in [0.2, 0.25) is 10.0 Å². The third kappa shape index (κ3) is 3.35. The standard InChI is InChI=1S/C16H23N3O3S/c1-13-12-14(16(20)18-8-2-6-17-7-10-18)4-5-15(13)19-9-3-11-23(19,21)22/h4-5,12,17H,2-3,6-11H2,1H3. The van der Waals surface area contributed by atoms with Gasteiger partial charge >= 0.3 is 0 Å². The molecule has 0 atom stereocenters. The Morgan fingerprint density at radius 2 is 1.96 bits per heavy atom. The summed E-state index contributed by atoms with van der Waals surface area (Å²) in [6.07, 6.45) is 1.61. The van der Waals surface area contributed by atoms with E-state index in [0.717, 1.165) is 31.6 Å². The predicted molar refractivity (Wildman–Crippen MR) is 90.3 cm³/mol. The molecule has 3 rings (SSSR count). The number of amides is 1. The maximum atomic E-state index is 12.6. The lowest BCUT2D eigenvalue weighted by Gasteiger charge is -2.22. The van der Waals surface area contributed by atoms with Crippen LogP contribution in [-0.4, -0.2) is 57.7 Å². The second-order valence-corrected chi connectivity index (χ2v) is 8.15. The zero-order chi connectivity index (χ0) is 16.4. The number of carbonyl (C=O) groups is 1. The van der Waals surface area contributed by atoms with Gasteiger partial charge in [-0.3, -0.25) is 9.10 Å². The molecule has 23 heavy (non-hydrogen) atoms. The summed E-state index contributed by atoms with van der Waals surface area (Å²) in [5.74, 6) is 0.223. The van der Waals surface area contributed by atoms with Crippen molar-refractivity contribution in [3.05, 3.63) is 29.3 Å². The van der Waals surface area contributed by atoms with Gasteiger partial charge in [-0.15, -0.1) is 0 Å². The first-order valence-corrected chi connectivity index (χ1v) is 9.71. The normalized spacial score (nSPS) is 21.3. The van der Waals surface area contributed by atoms with Gasteiger partial charge in [0.25, 0.3) is 5.91 Å². The van der Waals surface area contributed by atoms with E-state index in [2.05, 4.69) is 5.32 Å². The number of rotatable bonds is 2. The maximum Gasteiger partial charge on any atom is 0.253 e. The second-order valence-electron chi connectivity index (χ2n) is 6.14. The van der Waals surface area contributed by atoms with E-state index in [9.17, 15) is 13.2 Å². The highest BCUT2D eigenvalue weighted by Crippen LogP contribution is 2.28. The van der Waals surface area contributed by atoms with E-state index in [4.69, 9.17) is 0 Å². The highest BCUT2D eigenvalue weighted by Gasteiger charge is 2.29. The van der Waals surface area contributed by atoms with E-state index < -0.39 is 10.0 Å². The molecular formula is C16H23N3O3S. The molecule has 1 N–H and O–H groups in total. The molecule has 1 amide bonds. The van der Waals surface area contributed by atoms with Crippen molar-refractivity contribution in [1.29, 1.82) is 0 Å². The Balaban J connectivity index is 1.83. The fourth-order valence-corrected chi connectivity index (χ4v) is 4.84. The van der Waals surface area contributed by atoms with E-state index in [1.165, 1.54) is 4.31 Å². The molecular weight excluding hydrogens is 314 g/mol. The van der Waals surface area contributed by atoms with Crippen LogP contribution in [0.15, 0.2) is 18.2 Å². The van der Waals surface area contributed by atoms with Crippen molar-refractivity contribution in [1.82, 2.24) is 10.2 Å². The van der Waals surface area contributed by atoms with Gasteiger partial charge in [0.1, 0.15) is 0 Å². The monoisotopic (exact) mass is 337 g/mol. The third-order valence-electron chi connectivity index (χ3n) is 4.44. The summed E-state index contributed by atoms with van der Waals surface area (Å²) in [6, 6.07) is 5.32. The molecule has 2 heterocycles. The summed E-state index contributed by atoms with van der Waals surface area (Å²) < 4.78 is 25.6. The molecule has 2 saturated heterocycles. The molecule has 1 aromatic rings. The van der Waals surface area contributed by atoms with Gasteiger partial charge in [-0.1, -0.05) is 0 Å². The van der Waals surface area contributed by atoms with Crippen LogP contribution in [0.3, 0.4) is 0 Å². The number of carbonyl (C=O) groups excluding carboxylic acids is 1. The van der Waals surface area contributed by atoms with E-state index >= 15 is 0 Å². The van der Waals surface area contributed by atoms with Crippen LogP contribution in [0.5, 0.6) is 0 Å². The Morgan fingerprint density at radius 1 is 1.13 bits per heavy atom. The molecule has 6 nitrogen and oxygen atoms in total. The lowest BCUT2D eigenvalue weighted by atomic mass is 10.1. The zero-order valence-electron chi connectivity index (χ0n) is 13.4. The van der Waals surface area contributed by atoms with Gasteiger partial charge in [0.15, 0.2) is 0 Å². The summed E-state index contributed by atoms with van der Waals surface area (Å²) in [5.41, 5.74) is 2.15. The third-order valence-corrected chi connectivity index (χ3v) is 6.29. The minimum Gasteiger partial charge on any atom is -0.337 e. The fourth-order valence-electron chi connectivity index (χ4n) is 3.21. The predicted octanol–water partition coefficient (Wildman–Crippen LogP) is 0.970. The summed E-state index contributed by atoms with van der Waals surface area (Å²) in [4.78, 5) is 14.5. The van der Waals surface area contributed by atoms with Gasteiger partial charge < -0.3 is 10.2 Å². The van der Waals surface area contributed by atoms with Crippen LogP contribution in [0, 0.1) is 6.92 Å². The van der Waals surface area contributed by atoms with Crippen molar-refractivity contribution in [2.24, 2.45) is 0 Å². The fraction of sp³-hybridized carbons (Fsp3) is 0.562. The van der Waals surface area contributed by atoms with Crippen molar-refractivity contribution in [3.8, 4) is 0 Å². The van der Waals surface area contributed by atoms with E-state index in [1.807, 2.05) is 17.9 Å². The largest absolute Gasteiger partial charge is 0.337 e. The average Bonchev–Trinajstić information content (AvgIpc) is 2.74. The molecule has 0 radical (unpaired) electrons. The second kappa shape index (κ2) is 6.49. The number of hydrogen-bond acceptors (Lipinski definition) is 4. The van der Waals surface area contributed by atoms with Crippen LogP contribution in [0.2, 0.25) is 0 Å². The SMILES string of the molecule is Cc1cc(C(=O)N2CCCNCC2)ccc1N1CCCS1(=O)=O. The van der Waals surface area contributed by atoms with Crippen LogP contribution < -0.4 is 9.62 Å².